The van der Waals surface area contributed by atoms with E-state index in [0.717, 1.165) is 6.42 Å². The van der Waals surface area contributed by atoms with E-state index in [1.807, 2.05) is 0 Å². The van der Waals surface area contributed by atoms with Crippen LogP contribution in [-0.4, -0.2) is 25.0 Å². The smallest absolute Gasteiger partial charge is 0.0356 e. The van der Waals surface area contributed by atoms with Gasteiger partial charge in [-0.3, -0.25) is 0 Å². The Kier molecular flexibility index (Phi) is 4.30. The van der Waals surface area contributed by atoms with Crippen molar-refractivity contribution < 1.29 is 0 Å². The summed E-state index contributed by atoms with van der Waals surface area (Å²) in [5, 5.41) is 0. The number of hydrogen-bond acceptors (Lipinski definition) is 2. The van der Waals surface area contributed by atoms with Crippen molar-refractivity contribution in [2.75, 3.05) is 14.1 Å². The lowest BCUT2D eigenvalue weighted by Crippen LogP contribution is -2.27. The molecule has 0 fully saturated rings. The molecule has 15 heavy (non-hydrogen) atoms. The minimum absolute atomic E-state index is 0.235. The third-order valence-electron chi connectivity index (χ3n) is 2.68. The van der Waals surface area contributed by atoms with Gasteiger partial charge in [0.05, 0.1) is 0 Å². The van der Waals surface area contributed by atoms with Crippen molar-refractivity contribution in [2.45, 2.75) is 32.4 Å². The highest BCUT2D eigenvalue weighted by molar-refractivity contribution is 5.24. The van der Waals surface area contributed by atoms with Gasteiger partial charge in [0.1, 0.15) is 0 Å². The Balaban J connectivity index is 2.84. The fourth-order valence-corrected chi connectivity index (χ4v) is 1.79. The number of benzene rings is 1. The lowest BCUT2D eigenvalue weighted by atomic mass is 9.98. The molecule has 2 unspecified atom stereocenters. The van der Waals surface area contributed by atoms with Crippen LogP contribution in [0.2, 0.25) is 0 Å². The first kappa shape index (κ1) is 12.2. The maximum atomic E-state index is 5.87. The van der Waals surface area contributed by atoms with E-state index in [-0.39, 0.29) is 6.04 Å². The van der Waals surface area contributed by atoms with Gasteiger partial charge in [0.25, 0.3) is 0 Å². The summed E-state index contributed by atoms with van der Waals surface area (Å²) in [6.45, 7) is 4.17. The van der Waals surface area contributed by atoms with Gasteiger partial charge >= 0.3 is 0 Å². The quantitative estimate of drug-likeness (QED) is 0.819. The molecule has 0 amide bonds. The summed E-state index contributed by atoms with van der Waals surface area (Å²) >= 11 is 0. The minimum Gasteiger partial charge on any atom is -0.328 e. The lowest BCUT2D eigenvalue weighted by molar-refractivity contribution is 0.272. The first-order valence-corrected chi connectivity index (χ1v) is 5.49. The van der Waals surface area contributed by atoms with Gasteiger partial charge < -0.3 is 10.6 Å². The molecule has 0 heterocycles. The molecule has 1 aromatic carbocycles. The van der Waals surface area contributed by atoms with E-state index >= 15 is 0 Å². The predicted octanol–water partition coefficient (Wildman–Crippen LogP) is 2.34. The Bertz CT molecular complexity index is 288. The van der Waals surface area contributed by atoms with Gasteiger partial charge in [-0.15, -0.1) is 0 Å². The van der Waals surface area contributed by atoms with Crippen LogP contribution in [0, 0.1) is 6.92 Å². The first-order chi connectivity index (χ1) is 7.00. The molecule has 2 atom stereocenters. The second-order valence-corrected chi connectivity index (χ2v) is 4.60. The zero-order chi connectivity index (χ0) is 11.4. The van der Waals surface area contributed by atoms with Crippen molar-refractivity contribution in [3.05, 3.63) is 35.4 Å². The van der Waals surface area contributed by atoms with Crippen LogP contribution in [0.25, 0.3) is 0 Å². The third-order valence-corrected chi connectivity index (χ3v) is 2.68. The van der Waals surface area contributed by atoms with E-state index in [1.165, 1.54) is 11.1 Å². The van der Waals surface area contributed by atoms with Gasteiger partial charge in [0.2, 0.25) is 0 Å². The Hall–Kier alpha value is -0.860. The average Bonchev–Trinajstić information content (AvgIpc) is 2.15. The SMILES string of the molecule is Cc1ccc(C(CC(C)N)N(C)C)cc1. The Morgan fingerprint density at radius 1 is 1.20 bits per heavy atom. The van der Waals surface area contributed by atoms with E-state index in [4.69, 9.17) is 5.73 Å². The highest BCUT2D eigenvalue weighted by Crippen LogP contribution is 2.23. The molecule has 1 aromatic rings. The Morgan fingerprint density at radius 3 is 2.13 bits per heavy atom. The summed E-state index contributed by atoms with van der Waals surface area (Å²) in [5.41, 5.74) is 8.52. The van der Waals surface area contributed by atoms with Crippen molar-refractivity contribution in [3.63, 3.8) is 0 Å². The Labute approximate surface area is 93.1 Å². The topological polar surface area (TPSA) is 29.3 Å². The summed E-state index contributed by atoms with van der Waals surface area (Å²) in [7, 11) is 4.21. The molecule has 0 radical (unpaired) electrons. The van der Waals surface area contributed by atoms with Gasteiger partial charge in [-0.05, 0) is 39.9 Å². The van der Waals surface area contributed by atoms with E-state index in [2.05, 4.69) is 57.1 Å². The van der Waals surface area contributed by atoms with Gasteiger partial charge in [0.15, 0.2) is 0 Å². The van der Waals surface area contributed by atoms with Gasteiger partial charge in [-0.25, -0.2) is 0 Å². The van der Waals surface area contributed by atoms with Crippen LogP contribution in [0.4, 0.5) is 0 Å². The lowest BCUT2D eigenvalue weighted by Gasteiger charge is -2.26. The average molecular weight is 206 g/mol. The van der Waals surface area contributed by atoms with E-state index in [0.29, 0.717) is 6.04 Å². The molecule has 2 nitrogen and oxygen atoms in total. The number of aryl methyl sites for hydroxylation is 1. The number of nitrogens with zero attached hydrogens (tertiary/aromatic N) is 1. The van der Waals surface area contributed by atoms with Gasteiger partial charge in [-0.1, -0.05) is 29.8 Å². The van der Waals surface area contributed by atoms with Crippen LogP contribution in [-0.2, 0) is 0 Å². The van der Waals surface area contributed by atoms with Crippen LogP contribution in [0.3, 0.4) is 0 Å². The molecule has 1 rings (SSSR count). The van der Waals surface area contributed by atoms with Crippen LogP contribution >= 0.6 is 0 Å². The summed E-state index contributed by atoms with van der Waals surface area (Å²) in [6, 6.07) is 9.37. The molecule has 84 valence electrons. The standard InChI is InChI=1S/C13H22N2/c1-10-5-7-12(8-6-10)13(15(3)4)9-11(2)14/h5-8,11,13H,9,14H2,1-4H3. The Morgan fingerprint density at radius 2 is 1.73 bits per heavy atom. The van der Waals surface area contributed by atoms with E-state index in [9.17, 15) is 0 Å². The third kappa shape index (κ3) is 3.65. The molecule has 0 aliphatic rings. The maximum absolute atomic E-state index is 5.87. The fourth-order valence-electron chi connectivity index (χ4n) is 1.79. The van der Waals surface area contributed by atoms with Crippen molar-refractivity contribution in [1.82, 2.24) is 4.90 Å². The molecule has 2 N–H and O–H groups in total. The fraction of sp³-hybridized carbons (Fsp3) is 0.538. The second kappa shape index (κ2) is 5.29. The monoisotopic (exact) mass is 206 g/mol. The molecule has 0 spiro atoms. The molecule has 0 aliphatic carbocycles. The molecule has 0 aliphatic heterocycles. The molecule has 0 bridgehead atoms. The van der Waals surface area contributed by atoms with Gasteiger partial charge in [-0.2, -0.15) is 0 Å². The van der Waals surface area contributed by atoms with E-state index < -0.39 is 0 Å². The van der Waals surface area contributed by atoms with Crippen molar-refractivity contribution in [3.8, 4) is 0 Å². The summed E-state index contributed by atoms with van der Waals surface area (Å²) in [5.74, 6) is 0. The van der Waals surface area contributed by atoms with Crippen LogP contribution < -0.4 is 5.73 Å². The highest BCUT2D eigenvalue weighted by atomic mass is 15.1. The molecule has 0 saturated carbocycles. The zero-order valence-corrected chi connectivity index (χ0v) is 10.2. The highest BCUT2D eigenvalue weighted by Gasteiger charge is 2.15. The minimum atomic E-state index is 0.235. The summed E-state index contributed by atoms with van der Waals surface area (Å²) in [6.07, 6.45) is 0.996. The van der Waals surface area contributed by atoms with Crippen molar-refractivity contribution in [2.24, 2.45) is 5.73 Å². The number of hydrogen-bond donors (Lipinski definition) is 1. The van der Waals surface area contributed by atoms with E-state index in [1.54, 1.807) is 0 Å². The molecule has 2 heteroatoms. The summed E-state index contributed by atoms with van der Waals surface area (Å²) in [4.78, 5) is 2.23. The van der Waals surface area contributed by atoms with Crippen molar-refractivity contribution in [1.29, 1.82) is 0 Å². The molecular formula is C13H22N2. The molecule has 0 aromatic heterocycles. The predicted molar refractivity (Wildman–Crippen MR) is 65.9 cm³/mol. The maximum Gasteiger partial charge on any atom is 0.0356 e. The largest absolute Gasteiger partial charge is 0.328 e. The van der Waals surface area contributed by atoms with Crippen molar-refractivity contribution >= 4 is 0 Å². The summed E-state index contributed by atoms with van der Waals surface area (Å²) < 4.78 is 0. The van der Waals surface area contributed by atoms with Crippen LogP contribution in [0.15, 0.2) is 24.3 Å². The first-order valence-electron chi connectivity index (χ1n) is 5.49. The normalized spacial score (nSPS) is 15.3. The van der Waals surface area contributed by atoms with Gasteiger partial charge in [0, 0.05) is 12.1 Å². The number of rotatable bonds is 4. The van der Waals surface area contributed by atoms with Crippen LogP contribution in [0.5, 0.6) is 0 Å². The zero-order valence-electron chi connectivity index (χ0n) is 10.2. The number of nitrogens with two attached hydrogens (primary N) is 1. The van der Waals surface area contributed by atoms with Crippen LogP contribution in [0.1, 0.15) is 30.5 Å². The second-order valence-electron chi connectivity index (χ2n) is 4.60. The molecule has 0 saturated heterocycles. The molecular weight excluding hydrogens is 184 g/mol.